The van der Waals surface area contributed by atoms with E-state index in [2.05, 4.69) is 10.5 Å². The van der Waals surface area contributed by atoms with Crippen LogP contribution in [0.25, 0.3) is 10.8 Å². The van der Waals surface area contributed by atoms with Crippen LogP contribution in [0.1, 0.15) is 15.9 Å². The van der Waals surface area contributed by atoms with Crippen LogP contribution in [0.2, 0.25) is 0 Å². The molecule has 3 aromatic rings. The number of rotatable bonds is 3. The molecule has 0 heterocycles. The molecule has 0 aliphatic rings. The lowest BCUT2D eigenvalue weighted by molar-refractivity contribution is 0.0952. The van der Waals surface area contributed by atoms with E-state index in [9.17, 15) is 15.0 Å². The third-order valence-electron chi connectivity index (χ3n) is 3.38. The van der Waals surface area contributed by atoms with Crippen molar-refractivity contribution in [3.05, 3.63) is 71.8 Å². The second-order valence-electron chi connectivity index (χ2n) is 5.01. The van der Waals surface area contributed by atoms with Gasteiger partial charge >= 0.3 is 0 Å². The third kappa shape index (κ3) is 3.29. The maximum absolute atomic E-state index is 11.9. The highest BCUT2D eigenvalue weighted by atomic mass is 16.3. The van der Waals surface area contributed by atoms with Crippen molar-refractivity contribution in [3.8, 4) is 11.5 Å². The maximum Gasteiger partial charge on any atom is 0.275 e. The van der Waals surface area contributed by atoms with Gasteiger partial charge in [0.05, 0.1) is 11.8 Å². The van der Waals surface area contributed by atoms with Crippen molar-refractivity contribution in [1.82, 2.24) is 5.43 Å². The number of phenolic OH excluding ortho intramolecular Hbond substituents is 2. The Bertz CT molecular complexity index is 904. The van der Waals surface area contributed by atoms with Crippen molar-refractivity contribution >= 4 is 22.9 Å². The van der Waals surface area contributed by atoms with Crippen LogP contribution in [0.3, 0.4) is 0 Å². The highest BCUT2D eigenvalue weighted by molar-refractivity contribution is 5.97. The van der Waals surface area contributed by atoms with Crippen molar-refractivity contribution in [2.45, 2.75) is 0 Å². The van der Waals surface area contributed by atoms with E-state index in [-0.39, 0.29) is 17.1 Å². The fourth-order valence-electron chi connectivity index (χ4n) is 2.22. The summed E-state index contributed by atoms with van der Waals surface area (Å²) in [5.74, 6) is -0.357. The van der Waals surface area contributed by atoms with Gasteiger partial charge in [0.15, 0.2) is 0 Å². The number of nitrogens with one attached hydrogen (secondary N) is 1. The Labute approximate surface area is 132 Å². The van der Waals surface area contributed by atoms with E-state index in [1.165, 1.54) is 18.3 Å². The first kappa shape index (κ1) is 14.6. The number of hydrazone groups is 1. The molecular weight excluding hydrogens is 292 g/mol. The number of para-hydroxylation sites is 1. The van der Waals surface area contributed by atoms with Gasteiger partial charge in [-0.1, -0.05) is 30.3 Å². The summed E-state index contributed by atoms with van der Waals surface area (Å²) >= 11 is 0. The average molecular weight is 306 g/mol. The topological polar surface area (TPSA) is 81.9 Å². The Morgan fingerprint density at radius 2 is 1.70 bits per heavy atom. The quantitative estimate of drug-likeness (QED) is 0.514. The first-order valence-corrected chi connectivity index (χ1v) is 6.98. The minimum absolute atomic E-state index is 0.0919. The maximum atomic E-state index is 11.9. The molecule has 5 heteroatoms. The Morgan fingerprint density at radius 3 is 2.52 bits per heavy atom. The van der Waals surface area contributed by atoms with Crippen LogP contribution in [0.4, 0.5) is 0 Å². The zero-order chi connectivity index (χ0) is 16.2. The predicted molar refractivity (Wildman–Crippen MR) is 88.8 cm³/mol. The van der Waals surface area contributed by atoms with Crippen molar-refractivity contribution in [3.63, 3.8) is 0 Å². The van der Waals surface area contributed by atoms with Crippen LogP contribution in [0, 0.1) is 0 Å². The van der Waals surface area contributed by atoms with Crippen LogP contribution in [-0.2, 0) is 0 Å². The molecule has 0 radical (unpaired) electrons. The second kappa shape index (κ2) is 6.19. The highest BCUT2D eigenvalue weighted by Crippen LogP contribution is 2.20. The van der Waals surface area contributed by atoms with Crippen LogP contribution < -0.4 is 5.43 Å². The van der Waals surface area contributed by atoms with Gasteiger partial charge in [-0.05, 0) is 46.7 Å². The number of hydrogen-bond acceptors (Lipinski definition) is 4. The summed E-state index contributed by atoms with van der Waals surface area (Å²) in [6.45, 7) is 0. The van der Waals surface area contributed by atoms with Gasteiger partial charge in [-0.2, -0.15) is 5.10 Å². The van der Waals surface area contributed by atoms with Crippen LogP contribution in [0.5, 0.6) is 11.5 Å². The molecule has 3 N–H and O–H groups in total. The summed E-state index contributed by atoms with van der Waals surface area (Å²) in [6, 6.07) is 16.9. The van der Waals surface area contributed by atoms with Gasteiger partial charge in [-0.15, -0.1) is 0 Å². The van der Waals surface area contributed by atoms with Gasteiger partial charge in [-0.3, -0.25) is 4.79 Å². The average Bonchev–Trinajstić information content (AvgIpc) is 2.55. The molecule has 23 heavy (non-hydrogen) atoms. The summed E-state index contributed by atoms with van der Waals surface area (Å²) in [6.07, 6.45) is 1.52. The van der Waals surface area contributed by atoms with E-state index < -0.39 is 5.91 Å². The molecule has 0 atom stereocenters. The van der Waals surface area contributed by atoms with E-state index in [0.29, 0.717) is 0 Å². The van der Waals surface area contributed by atoms with Crippen molar-refractivity contribution in [2.75, 3.05) is 0 Å². The van der Waals surface area contributed by atoms with Gasteiger partial charge < -0.3 is 10.2 Å². The molecule has 1 amide bonds. The molecule has 0 unspecified atom stereocenters. The number of amides is 1. The smallest absolute Gasteiger partial charge is 0.275 e. The largest absolute Gasteiger partial charge is 0.508 e. The summed E-state index contributed by atoms with van der Waals surface area (Å²) in [5.41, 5.74) is 3.35. The van der Waals surface area contributed by atoms with Gasteiger partial charge in [0.2, 0.25) is 0 Å². The Kier molecular flexibility index (Phi) is 3.93. The normalized spacial score (nSPS) is 11.0. The van der Waals surface area contributed by atoms with Crippen LogP contribution in [0.15, 0.2) is 65.8 Å². The zero-order valence-electron chi connectivity index (χ0n) is 12.1. The summed E-state index contributed by atoms with van der Waals surface area (Å²) in [5, 5.41) is 24.8. The van der Waals surface area contributed by atoms with Gasteiger partial charge in [0, 0.05) is 0 Å². The second-order valence-corrected chi connectivity index (χ2v) is 5.01. The summed E-state index contributed by atoms with van der Waals surface area (Å²) in [4.78, 5) is 11.9. The molecule has 5 nitrogen and oxygen atoms in total. The first-order valence-electron chi connectivity index (χ1n) is 6.98. The van der Waals surface area contributed by atoms with Crippen molar-refractivity contribution in [2.24, 2.45) is 5.10 Å². The molecule has 0 spiro atoms. The summed E-state index contributed by atoms with van der Waals surface area (Å²) in [7, 11) is 0. The first-order chi connectivity index (χ1) is 11.1. The lowest BCUT2D eigenvalue weighted by Gasteiger charge is -2.02. The number of carbonyl (C=O) groups excluding carboxylic acids is 1. The zero-order valence-corrected chi connectivity index (χ0v) is 12.1. The third-order valence-corrected chi connectivity index (χ3v) is 3.38. The molecule has 3 rings (SSSR count). The fourth-order valence-corrected chi connectivity index (χ4v) is 2.22. The number of nitrogens with zero attached hydrogens (tertiary/aromatic N) is 1. The Hall–Kier alpha value is -3.34. The van der Waals surface area contributed by atoms with Crippen molar-refractivity contribution < 1.29 is 15.0 Å². The van der Waals surface area contributed by atoms with Crippen LogP contribution in [-0.4, -0.2) is 22.3 Å². The minimum atomic E-state index is -0.481. The lowest BCUT2D eigenvalue weighted by atomic mass is 10.1. The molecule has 0 aliphatic carbocycles. The molecular formula is C18H14N2O3. The van der Waals surface area contributed by atoms with E-state index in [4.69, 9.17) is 0 Å². The molecule has 0 saturated carbocycles. The van der Waals surface area contributed by atoms with E-state index in [1.807, 2.05) is 24.3 Å². The minimum Gasteiger partial charge on any atom is -0.508 e. The number of benzene rings is 3. The number of hydrogen-bond donors (Lipinski definition) is 3. The van der Waals surface area contributed by atoms with Crippen molar-refractivity contribution in [1.29, 1.82) is 0 Å². The number of carbonyl (C=O) groups is 1. The molecule has 114 valence electrons. The fraction of sp³-hybridized carbons (Fsp3) is 0. The summed E-state index contributed by atoms with van der Waals surface area (Å²) < 4.78 is 0. The SMILES string of the molecule is O=C(N/N=C/c1ccc2cc(O)ccc2c1)c1ccccc1O. The number of aromatic hydroxyl groups is 2. The molecule has 0 fully saturated rings. The van der Waals surface area contributed by atoms with E-state index in [1.54, 1.807) is 24.3 Å². The number of fused-ring (bicyclic) bond motifs is 1. The molecule has 0 aromatic heterocycles. The van der Waals surface area contributed by atoms with E-state index in [0.717, 1.165) is 16.3 Å². The van der Waals surface area contributed by atoms with Gasteiger partial charge in [-0.25, -0.2) is 5.43 Å². The Balaban J connectivity index is 1.74. The van der Waals surface area contributed by atoms with E-state index >= 15 is 0 Å². The monoisotopic (exact) mass is 306 g/mol. The van der Waals surface area contributed by atoms with Gasteiger partial charge in [0.25, 0.3) is 5.91 Å². The highest BCUT2D eigenvalue weighted by Gasteiger charge is 2.08. The molecule has 0 bridgehead atoms. The predicted octanol–water partition coefficient (Wildman–Crippen LogP) is 3.01. The molecule has 0 saturated heterocycles. The number of phenols is 2. The molecule has 3 aromatic carbocycles. The molecule has 0 aliphatic heterocycles. The lowest BCUT2D eigenvalue weighted by Crippen LogP contribution is -2.17. The van der Waals surface area contributed by atoms with Crippen LogP contribution >= 0.6 is 0 Å². The Morgan fingerprint density at radius 1 is 0.957 bits per heavy atom. The van der Waals surface area contributed by atoms with Gasteiger partial charge in [0.1, 0.15) is 11.5 Å². The standard InChI is InChI=1S/C18H14N2O3/c21-15-8-7-13-9-12(5-6-14(13)10-15)11-19-20-18(23)16-3-1-2-4-17(16)22/h1-11,21-22H,(H,20,23)/b19-11+.